The molecular weight excluding hydrogens is 104 g/mol. The van der Waals surface area contributed by atoms with Crippen LogP contribution >= 0.6 is 0 Å². The molecule has 0 aliphatic rings. The fourth-order valence-electron chi connectivity index (χ4n) is 0.162. The summed E-state index contributed by atoms with van der Waals surface area (Å²) in [6.07, 6.45) is 0.861. The van der Waals surface area contributed by atoms with E-state index in [9.17, 15) is 0 Å². The molecule has 0 fully saturated rings. The summed E-state index contributed by atoms with van der Waals surface area (Å²) in [7, 11) is 0. The Morgan fingerprint density at radius 2 is 2.00 bits per heavy atom. The van der Waals surface area contributed by atoms with Gasteiger partial charge in [-0.05, 0) is 0 Å². The van der Waals surface area contributed by atoms with Crippen LogP contribution in [0.5, 0.6) is 0 Å². The zero-order valence-corrected chi connectivity index (χ0v) is 3.94. The number of nitrogens with zero attached hydrogens (tertiary/aromatic N) is 4. The molecule has 0 N–H and O–H groups in total. The van der Waals surface area contributed by atoms with Gasteiger partial charge >= 0.3 is 0 Å². The van der Waals surface area contributed by atoms with Crippen LogP contribution in [0, 0.1) is 28.6 Å². The minimum atomic E-state index is -0.931. The van der Waals surface area contributed by atoms with Gasteiger partial charge in [-0.1, -0.05) is 0 Å². The van der Waals surface area contributed by atoms with E-state index in [1.807, 2.05) is 0 Å². The molecule has 4 heteroatoms. The Morgan fingerprint density at radius 3 is 2.12 bits per heavy atom. The van der Waals surface area contributed by atoms with Gasteiger partial charge in [-0.3, -0.25) is 0 Å². The van der Waals surface area contributed by atoms with Crippen molar-refractivity contribution in [2.45, 2.75) is 0 Å². The third-order valence-electron chi connectivity index (χ3n) is 0.494. The van der Waals surface area contributed by atoms with Gasteiger partial charge in [0.05, 0.1) is 12.1 Å². The van der Waals surface area contributed by atoms with E-state index in [1.54, 1.807) is 12.1 Å². The maximum Gasteiger partial charge on any atom is 0.288 e. The molecule has 0 saturated heterocycles. The minimum absolute atomic E-state index is 0.861. The van der Waals surface area contributed by atoms with Gasteiger partial charge in [-0.2, -0.15) is 15.3 Å². The van der Waals surface area contributed by atoms with E-state index in [-0.39, 0.29) is 0 Å². The minimum Gasteiger partial charge on any atom is -0.362 e. The molecule has 0 atom stereocenters. The smallest absolute Gasteiger partial charge is 0.288 e. The second-order valence-electron chi connectivity index (χ2n) is 1.00. The fourth-order valence-corrected chi connectivity index (χ4v) is 0.162. The van der Waals surface area contributed by atoms with Gasteiger partial charge in [0.2, 0.25) is 5.92 Å². The molecule has 8 heavy (non-hydrogen) atoms. The Bertz CT molecular complexity index is 173. The third kappa shape index (κ3) is 1.71. The first-order chi connectivity index (χ1) is 3.85. The lowest BCUT2D eigenvalue weighted by Gasteiger charge is -1.70. The second-order valence-corrected chi connectivity index (χ2v) is 1.00. The Kier molecular flexibility index (Phi) is 2.82. The first kappa shape index (κ1) is 6.36. The van der Waals surface area contributed by atoms with Crippen LogP contribution in [0.3, 0.4) is 0 Å². The van der Waals surface area contributed by atoms with Gasteiger partial charge in [0.15, 0.2) is 0 Å². The zero-order chi connectivity index (χ0) is 6.41. The van der Waals surface area contributed by atoms with E-state index in [1.165, 1.54) is 0 Å². The van der Waals surface area contributed by atoms with Gasteiger partial charge in [-0.15, -0.1) is 0 Å². The Balaban J connectivity index is 4.01. The van der Waals surface area contributed by atoms with E-state index in [2.05, 4.69) is 4.79 Å². The maximum atomic E-state index is 7.98. The summed E-state index contributed by atoms with van der Waals surface area (Å²) < 4.78 is 0. The van der Waals surface area contributed by atoms with Gasteiger partial charge in [0, 0.05) is 0 Å². The van der Waals surface area contributed by atoms with Gasteiger partial charge in [0.25, 0.3) is 6.21 Å². The van der Waals surface area contributed by atoms with Crippen molar-refractivity contribution in [1.29, 1.82) is 10.5 Å². The van der Waals surface area contributed by atoms with Crippen molar-refractivity contribution in [3.05, 3.63) is 5.53 Å². The van der Waals surface area contributed by atoms with Crippen molar-refractivity contribution in [3.63, 3.8) is 0 Å². The predicted octanol–water partition coefficient (Wildman–Crippen LogP) is -0.0496. The zero-order valence-electron chi connectivity index (χ0n) is 3.94. The van der Waals surface area contributed by atoms with Crippen LogP contribution in [0.15, 0.2) is 0 Å². The molecule has 0 rings (SSSR count). The standard InChI is InChI=1S/C4H2N4/c5-1-4(2-6)3-8-7/h3-4H. The lowest BCUT2D eigenvalue weighted by Crippen LogP contribution is -1.92. The van der Waals surface area contributed by atoms with E-state index in [0.29, 0.717) is 0 Å². The van der Waals surface area contributed by atoms with E-state index in [0.717, 1.165) is 6.21 Å². The monoisotopic (exact) mass is 106 g/mol. The van der Waals surface area contributed by atoms with Crippen molar-refractivity contribution < 1.29 is 4.79 Å². The summed E-state index contributed by atoms with van der Waals surface area (Å²) in [5, 5.41) is 16.0. The van der Waals surface area contributed by atoms with Crippen LogP contribution in [0.1, 0.15) is 0 Å². The Hall–Kier alpha value is -1.64. The molecular formula is C4H2N4. The average Bonchev–Trinajstić information content (AvgIpc) is 1.83. The van der Waals surface area contributed by atoms with Crippen LogP contribution in [-0.4, -0.2) is 11.0 Å². The van der Waals surface area contributed by atoms with Crippen molar-refractivity contribution in [2.24, 2.45) is 5.92 Å². The Labute approximate surface area is 46.2 Å². The number of hydrogen-bond donors (Lipinski definition) is 0. The van der Waals surface area contributed by atoms with E-state index < -0.39 is 5.92 Å². The molecule has 0 aromatic rings. The normalized spacial score (nSPS) is 6.38. The van der Waals surface area contributed by atoms with E-state index >= 15 is 0 Å². The topological polar surface area (TPSA) is 84.0 Å². The summed E-state index contributed by atoms with van der Waals surface area (Å²) >= 11 is 0. The number of hydrogen-bond acceptors (Lipinski definition) is 2. The molecule has 0 aromatic carbocycles. The summed E-state index contributed by atoms with van der Waals surface area (Å²) in [4.78, 5) is 2.51. The third-order valence-corrected chi connectivity index (χ3v) is 0.494. The molecule has 0 amide bonds. The highest BCUT2D eigenvalue weighted by atomic mass is 14.8. The average molecular weight is 106 g/mol. The molecule has 0 heterocycles. The molecule has 0 aliphatic carbocycles. The lowest BCUT2D eigenvalue weighted by molar-refractivity contribution is 0.0000565. The lowest BCUT2D eigenvalue weighted by atomic mass is 10.2. The van der Waals surface area contributed by atoms with Crippen LogP contribution < -0.4 is 0 Å². The molecule has 0 aliphatic heterocycles. The van der Waals surface area contributed by atoms with Crippen molar-refractivity contribution in [3.8, 4) is 12.1 Å². The number of rotatable bonds is 1. The van der Waals surface area contributed by atoms with Crippen LogP contribution in [-0.2, 0) is 0 Å². The summed E-state index contributed by atoms with van der Waals surface area (Å²) in [6.45, 7) is 0. The van der Waals surface area contributed by atoms with Gasteiger partial charge in [-0.25, -0.2) is 0 Å². The quantitative estimate of drug-likeness (QED) is 0.266. The molecule has 0 aromatic heterocycles. The molecule has 0 spiro atoms. The highest BCUT2D eigenvalue weighted by Crippen LogP contribution is 1.80. The van der Waals surface area contributed by atoms with Gasteiger partial charge in [0.1, 0.15) is 0 Å². The molecule has 4 nitrogen and oxygen atoms in total. The van der Waals surface area contributed by atoms with Gasteiger partial charge < -0.3 is 5.53 Å². The molecule has 0 radical (unpaired) electrons. The number of nitriles is 2. The first-order valence-corrected chi connectivity index (χ1v) is 1.82. The molecule has 0 unspecified atom stereocenters. The highest BCUT2D eigenvalue weighted by molar-refractivity contribution is 5.62. The second kappa shape index (κ2) is 3.55. The highest BCUT2D eigenvalue weighted by Gasteiger charge is 2.03. The van der Waals surface area contributed by atoms with Crippen molar-refractivity contribution in [2.75, 3.05) is 0 Å². The predicted molar refractivity (Wildman–Crippen MR) is 24.4 cm³/mol. The summed E-state index contributed by atoms with van der Waals surface area (Å²) in [6, 6.07) is 3.16. The van der Waals surface area contributed by atoms with E-state index in [4.69, 9.17) is 16.1 Å². The molecule has 0 bridgehead atoms. The van der Waals surface area contributed by atoms with Crippen LogP contribution in [0.2, 0.25) is 0 Å². The van der Waals surface area contributed by atoms with Crippen LogP contribution in [0.25, 0.3) is 5.53 Å². The molecule has 38 valence electrons. The molecule has 0 saturated carbocycles. The summed E-state index contributed by atoms with van der Waals surface area (Å²) in [5.41, 5.74) is 7.77. The first-order valence-electron chi connectivity index (χ1n) is 1.82. The SMILES string of the molecule is N#CC(C#N)C=[N+]=[N-]. The summed E-state index contributed by atoms with van der Waals surface area (Å²) in [5.74, 6) is -0.931. The fraction of sp³-hybridized carbons (Fsp3) is 0.250. The van der Waals surface area contributed by atoms with Crippen molar-refractivity contribution in [1.82, 2.24) is 0 Å². The Morgan fingerprint density at radius 1 is 1.50 bits per heavy atom. The van der Waals surface area contributed by atoms with Crippen molar-refractivity contribution >= 4 is 6.21 Å². The largest absolute Gasteiger partial charge is 0.362 e. The maximum absolute atomic E-state index is 7.98. The van der Waals surface area contributed by atoms with Crippen LogP contribution in [0.4, 0.5) is 0 Å².